The summed E-state index contributed by atoms with van der Waals surface area (Å²) < 4.78 is 14.6. The van der Waals surface area contributed by atoms with Crippen molar-refractivity contribution < 1.29 is 4.39 Å². The third kappa shape index (κ3) is 2.47. The van der Waals surface area contributed by atoms with Crippen molar-refractivity contribution in [2.45, 2.75) is 0 Å². The van der Waals surface area contributed by atoms with Crippen LogP contribution in [0.2, 0.25) is 5.02 Å². The van der Waals surface area contributed by atoms with Crippen molar-refractivity contribution in [1.29, 1.82) is 0 Å². The third-order valence-corrected chi connectivity index (χ3v) is 3.73. The lowest BCUT2D eigenvalue weighted by Crippen LogP contribution is -1.84. The Morgan fingerprint density at radius 3 is 2.31 bits per heavy atom. The number of hydrogen-bond acceptors (Lipinski definition) is 0. The van der Waals surface area contributed by atoms with Crippen molar-refractivity contribution in [3.8, 4) is 11.1 Å². The van der Waals surface area contributed by atoms with E-state index in [1.165, 1.54) is 12.1 Å². The predicted octanol–water partition coefficient (Wildman–Crippen LogP) is 5.67. The molecule has 0 N–H and O–H groups in total. The molecule has 0 saturated carbocycles. The minimum Gasteiger partial charge on any atom is -0.207 e. The highest BCUT2D eigenvalue weighted by Crippen LogP contribution is 2.35. The van der Waals surface area contributed by atoms with Crippen LogP contribution in [0.1, 0.15) is 0 Å². The van der Waals surface area contributed by atoms with E-state index in [2.05, 4.69) is 31.9 Å². The fourth-order valence-electron chi connectivity index (χ4n) is 1.41. The third-order valence-electron chi connectivity index (χ3n) is 2.15. The molecular formula is C12H6Br2ClF. The average molecular weight is 364 g/mol. The highest BCUT2D eigenvalue weighted by Gasteiger charge is 2.08. The predicted molar refractivity (Wildman–Crippen MR) is 72.2 cm³/mol. The van der Waals surface area contributed by atoms with E-state index in [1.54, 1.807) is 12.1 Å². The lowest BCUT2D eigenvalue weighted by molar-refractivity contribution is 0.627. The molecule has 4 heteroatoms. The van der Waals surface area contributed by atoms with E-state index in [9.17, 15) is 4.39 Å². The van der Waals surface area contributed by atoms with Gasteiger partial charge < -0.3 is 0 Å². The second-order valence-electron chi connectivity index (χ2n) is 3.25. The zero-order valence-corrected chi connectivity index (χ0v) is 11.9. The van der Waals surface area contributed by atoms with Crippen molar-refractivity contribution in [2.24, 2.45) is 0 Å². The number of rotatable bonds is 1. The molecule has 0 nitrogen and oxygen atoms in total. The zero-order chi connectivity index (χ0) is 11.7. The van der Waals surface area contributed by atoms with Crippen molar-refractivity contribution in [1.82, 2.24) is 0 Å². The molecule has 2 aromatic rings. The highest BCUT2D eigenvalue weighted by molar-refractivity contribution is 9.11. The van der Waals surface area contributed by atoms with Crippen molar-refractivity contribution >= 4 is 43.5 Å². The molecule has 0 saturated heterocycles. The van der Waals surface area contributed by atoms with Crippen LogP contribution in [0, 0.1) is 5.82 Å². The lowest BCUT2D eigenvalue weighted by atomic mass is 10.1. The van der Waals surface area contributed by atoms with E-state index in [0.717, 1.165) is 15.6 Å². The van der Waals surface area contributed by atoms with Gasteiger partial charge in [-0.05, 0) is 41.5 Å². The maximum Gasteiger partial charge on any atom is 0.124 e. The molecule has 0 aromatic heterocycles. The van der Waals surface area contributed by atoms with Crippen LogP contribution >= 0.6 is 43.5 Å². The molecular weight excluding hydrogens is 358 g/mol. The summed E-state index contributed by atoms with van der Waals surface area (Å²) in [6, 6.07) is 10.1. The van der Waals surface area contributed by atoms with Crippen LogP contribution in [0.25, 0.3) is 11.1 Å². The molecule has 2 rings (SSSR count). The Hall–Kier alpha value is -0.380. The van der Waals surface area contributed by atoms with E-state index in [-0.39, 0.29) is 5.82 Å². The van der Waals surface area contributed by atoms with Gasteiger partial charge in [-0.2, -0.15) is 0 Å². The fourth-order valence-corrected chi connectivity index (χ4v) is 2.61. The minimum absolute atomic E-state index is 0.270. The lowest BCUT2D eigenvalue weighted by Gasteiger charge is -2.07. The topological polar surface area (TPSA) is 0 Å². The monoisotopic (exact) mass is 362 g/mol. The van der Waals surface area contributed by atoms with Crippen LogP contribution in [-0.4, -0.2) is 0 Å². The molecule has 0 bridgehead atoms. The van der Waals surface area contributed by atoms with Crippen LogP contribution in [0.3, 0.4) is 0 Å². The van der Waals surface area contributed by atoms with Crippen LogP contribution in [0.15, 0.2) is 45.3 Å². The zero-order valence-electron chi connectivity index (χ0n) is 7.98. The van der Waals surface area contributed by atoms with E-state index >= 15 is 0 Å². The number of halogens is 4. The standard InChI is InChI=1S/C12H6Br2ClF/c13-11-4-1-7(15)5-10(11)9-3-2-8(16)6-12(9)14/h1-6H. The molecule has 0 fully saturated rings. The molecule has 0 amide bonds. The summed E-state index contributed by atoms with van der Waals surface area (Å²) in [5, 5.41) is 0.648. The smallest absolute Gasteiger partial charge is 0.124 e. The van der Waals surface area contributed by atoms with E-state index < -0.39 is 0 Å². The summed E-state index contributed by atoms with van der Waals surface area (Å²) in [4.78, 5) is 0. The first-order chi connectivity index (χ1) is 7.58. The Bertz CT molecular complexity index is 541. The molecule has 0 aliphatic rings. The maximum atomic E-state index is 13.0. The van der Waals surface area contributed by atoms with E-state index in [1.807, 2.05) is 12.1 Å². The Morgan fingerprint density at radius 2 is 1.62 bits per heavy atom. The summed E-state index contributed by atoms with van der Waals surface area (Å²) in [6.45, 7) is 0. The van der Waals surface area contributed by atoms with Crippen molar-refractivity contribution in [2.75, 3.05) is 0 Å². The van der Waals surface area contributed by atoms with Gasteiger partial charge in [0.2, 0.25) is 0 Å². The SMILES string of the molecule is Fc1ccc(-c2cc(Cl)ccc2Br)c(Br)c1. The summed E-state index contributed by atoms with van der Waals surface area (Å²) in [7, 11) is 0. The Balaban J connectivity index is 2.62. The van der Waals surface area contributed by atoms with Gasteiger partial charge >= 0.3 is 0 Å². The summed E-state index contributed by atoms with van der Waals surface area (Å²) >= 11 is 12.7. The van der Waals surface area contributed by atoms with Crippen LogP contribution in [0.4, 0.5) is 4.39 Å². The van der Waals surface area contributed by atoms with Gasteiger partial charge in [-0.3, -0.25) is 0 Å². The molecule has 0 aliphatic carbocycles. The van der Waals surface area contributed by atoms with Gasteiger partial charge in [0, 0.05) is 14.0 Å². The Labute approximate surface area is 115 Å². The number of benzene rings is 2. The summed E-state index contributed by atoms with van der Waals surface area (Å²) in [5.41, 5.74) is 1.83. The van der Waals surface area contributed by atoms with Gasteiger partial charge in [0.1, 0.15) is 5.82 Å². The average Bonchev–Trinajstić information content (AvgIpc) is 2.22. The Morgan fingerprint density at radius 1 is 0.875 bits per heavy atom. The summed E-state index contributed by atoms with van der Waals surface area (Å²) in [6.07, 6.45) is 0. The second-order valence-corrected chi connectivity index (χ2v) is 5.39. The van der Waals surface area contributed by atoms with Crippen LogP contribution in [0.5, 0.6) is 0 Å². The first-order valence-corrected chi connectivity index (χ1v) is 6.45. The van der Waals surface area contributed by atoms with Gasteiger partial charge in [-0.15, -0.1) is 0 Å². The normalized spacial score (nSPS) is 10.5. The molecule has 16 heavy (non-hydrogen) atoms. The van der Waals surface area contributed by atoms with Gasteiger partial charge in [0.25, 0.3) is 0 Å². The van der Waals surface area contributed by atoms with Crippen LogP contribution in [-0.2, 0) is 0 Å². The van der Waals surface area contributed by atoms with Gasteiger partial charge in [-0.1, -0.05) is 49.5 Å². The van der Waals surface area contributed by atoms with E-state index in [4.69, 9.17) is 11.6 Å². The molecule has 82 valence electrons. The van der Waals surface area contributed by atoms with Gasteiger partial charge in [-0.25, -0.2) is 4.39 Å². The van der Waals surface area contributed by atoms with E-state index in [0.29, 0.717) is 9.50 Å². The minimum atomic E-state index is -0.270. The summed E-state index contributed by atoms with van der Waals surface area (Å²) in [5.74, 6) is -0.270. The molecule has 0 atom stereocenters. The van der Waals surface area contributed by atoms with Crippen molar-refractivity contribution in [3.05, 3.63) is 56.2 Å². The molecule has 2 aromatic carbocycles. The quantitative estimate of drug-likeness (QED) is 0.611. The molecule has 0 aliphatic heterocycles. The van der Waals surface area contributed by atoms with Crippen molar-refractivity contribution in [3.63, 3.8) is 0 Å². The number of hydrogen-bond donors (Lipinski definition) is 0. The highest BCUT2D eigenvalue weighted by atomic mass is 79.9. The largest absolute Gasteiger partial charge is 0.207 e. The molecule has 0 unspecified atom stereocenters. The molecule has 0 spiro atoms. The maximum absolute atomic E-state index is 13.0. The second kappa shape index (κ2) is 4.86. The Kier molecular flexibility index (Phi) is 3.67. The van der Waals surface area contributed by atoms with Gasteiger partial charge in [0.15, 0.2) is 0 Å². The van der Waals surface area contributed by atoms with Gasteiger partial charge in [0.05, 0.1) is 0 Å². The first-order valence-electron chi connectivity index (χ1n) is 4.48. The van der Waals surface area contributed by atoms with Crippen LogP contribution < -0.4 is 0 Å². The molecule has 0 radical (unpaired) electrons. The molecule has 0 heterocycles. The first kappa shape index (κ1) is 12.1. The fraction of sp³-hybridized carbons (Fsp3) is 0.